The topological polar surface area (TPSA) is 37.3 Å². The van der Waals surface area contributed by atoms with Crippen LogP contribution in [0.1, 0.15) is 25.0 Å². The Morgan fingerprint density at radius 2 is 2.00 bits per heavy atom. The van der Waals surface area contributed by atoms with E-state index in [1.165, 1.54) is 6.92 Å². The van der Waals surface area contributed by atoms with Crippen LogP contribution in [-0.2, 0) is 4.79 Å². The second kappa shape index (κ2) is 4.02. The summed E-state index contributed by atoms with van der Waals surface area (Å²) in [5.41, 5.74) is 0.799. The van der Waals surface area contributed by atoms with Crippen molar-refractivity contribution in [2.24, 2.45) is 0 Å². The Morgan fingerprint density at radius 3 is 2.50 bits per heavy atom. The van der Waals surface area contributed by atoms with Crippen LogP contribution in [0.4, 0.5) is 0 Å². The maximum absolute atomic E-state index is 10.7. The van der Waals surface area contributed by atoms with E-state index in [9.17, 15) is 9.90 Å². The number of carbonyl (C=O) groups is 1. The zero-order valence-electron chi connectivity index (χ0n) is 7.03. The fourth-order valence-corrected chi connectivity index (χ4v) is 1.07. The fraction of sp³-hybridized carbons (Fsp3) is 0.300. The standard InChI is InChI=1S/C10H12O2/c1-8(11)7-10(12)9-5-3-2-4-6-9/h2-6,10,12H,7H2,1H3/t10-/m1/s1. The van der Waals surface area contributed by atoms with Gasteiger partial charge in [-0.3, -0.25) is 4.79 Å². The van der Waals surface area contributed by atoms with Crippen molar-refractivity contribution >= 4 is 5.78 Å². The van der Waals surface area contributed by atoms with Crippen LogP contribution in [0.15, 0.2) is 30.3 Å². The molecule has 1 N–H and O–H groups in total. The van der Waals surface area contributed by atoms with Gasteiger partial charge < -0.3 is 5.11 Å². The third-order valence-corrected chi connectivity index (χ3v) is 1.67. The van der Waals surface area contributed by atoms with E-state index < -0.39 is 6.10 Å². The smallest absolute Gasteiger partial charge is 0.132 e. The highest BCUT2D eigenvalue weighted by atomic mass is 16.3. The van der Waals surface area contributed by atoms with Crippen LogP contribution in [0.5, 0.6) is 0 Å². The second-order valence-corrected chi connectivity index (χ2v) is 2.83. The van der Waals surface area contributed by atoms with E-state index in [1.54, 1.807) is 0 Å². The van der Waals surface area contributed by atoms with Crippen molar-refractivity contribution in [1.29, 1.82) is 0 Å². The van der Waals surface area contributed by atoms with E-state index in [4.69, 9.17) is 0 Å². The van der Waals surface area contributed by atoms with Crippen LogP contribution in [0.25, 0.3) is 0 Å². The van der Waals surface area contributed by atoms with Crippen molar-refractivity contribution in [2.45, 2.75) is 19.4 Å². The third kappa shape index (κ3) is 2.47. The molecule has 1 atom stereocenters. The molecule has 12 heavy (non-hydrogen) atoms. The molecule has 0 fully saturated rings. The van der Waals surface area contributed by atoms with Crippen molar-refractivity contribution in [2.75, 3.05) is 0 Å². The Balaban J connectivity index is 2.65. The Hall–Kier alpha value is -1.15. The summed E-state index contributed by atoms with van der Waals surface area (Å²) in [5, 5.41) is 9.47. The first-order valence-corrected chi connectivity index (χ1v) is 3.92. The van der Waals surface area contributed by atoms with Gasteiger partial charge in [-0.15, -0.1) is 0 Å². The molecule has 0 heterocycles. The van der Waals surface area contributed by atoms with E-state index in [0.29, 0.717) is 0 Å². The van der Waals surface area contributed by atoms with Gasteiger partial charge in [-0.25, -0.2) is 0 Å². The average Bonchev–Trinajstić information content (AvgIpc) is 2.05. The zero-order valence-corrected chi connectivity index (χ0v) is 7.03. The maximum Gasteiger partial charge on any atom is 0.132 e. The van der Waals surface area contributed by atoms with Gasteiger partial charge in [-0.05, 0) is 12.5 Å². The molecule has 0 saturated heterocycles. The number of carbonyl (C=O) groups excluding carboxylic acids is 1. The van der Waals surface area contributed by atoms with Crippen molar-refractivity contribution < 1.29 is 9.90 Å². The van der Waals surface area contributed by atoms with E-state index in [2.05, 4.69) is 0 Å². The summed E-state index contributed by atoms with van der Waals surface area (Å²) in [6, 6.07) is 9.20. The van der Waals surface area contributed by atoms with Crippen LogP contribution in [0.2, 0.25) is 0 Å². The van der Waals surface area contributed by atoms with Crippen molar-refractivity contribution in [3.05, 3.63) is 35.9 Å². The SMILES string of the molecule is CC(=O)C[C@@H](O)c1ccccc1. The maximum atomic E-state index is 10.7. The number of aliphatic hydroxyl groups excluding tert-OH is 1. The summed E-state index contributed by atoms with van der Waals surface area (Å²) in [5.74, 6) is 0.00588. The fourth-order valence-electron chi connectivity index (χ4n) is 1.07. The molecule has 0 saturated carbocycles. The summed E-state index contributed by atoms with van der Waals surface area (Å²) in [6.07, 6.45) is -0.451. The Labute approximate surface area is 71.8 Å². The molecular formula is C10H12O2. The van der Waals surface area contributed by atoms with Gasteiger partial charge in [0.1, 0.15) is 5.78 Å². The molecular weight excluding hydrogens is 152 g/mol. The van der Waals surface area contributed by atoms with E-state index >= 15 is 0 Å². The Morgan fingerprint density at radius 1 is 1.42 bits per heavy atom. The highest BCUT2D eigenvalue weighted by molar-refractivity contribution is 5.76. The number of rotatable bonds is 3. The monoisotopic (exact) mass is 164 g/mol. The highest BCUT2D eigenvalue weighted by Gasteiger charge is 2.08. The summed E-state index contributed by atoms with van der Waals surface area (Å²) in [6.45, 7) is 1.48. The van der Waals surface area contributed by atoms with Gasteiger partial charge in [-0.1, -0.05) is 30.3 Å². The first-order chi connectivity index (χ1) is 5.70. The lowest BCUT2D eigenvalue weighted by atomic mass is 10.1. The van der Waals surface area contributed by atoms with Crippen LogP contribution in [-0.4, -0.2) is 10.9 Å². The first kappa shape index (κ1) is 8.94. The predicted molar refractivity (Wildman–Crippen MR) is 46.7 cm³/mol. The summed E-state index contributed by atoms with van der Waals surface area (Å²) in [4.78, 5) is 10.7. The minimum absolute atomic E-state index is 0.00588. The average molecular weight is 164 g/mol. The van der Waals surface area contributed by atoms with Crippen LogP contribution in [0, 0.1) is 0 Å². The van der Waals surface area contributed by atoms with Crippen molar-refractivity contribution in [3.8, 4) is 0 Å². The van der Waals surface area contributed by atoms with Gasteiger partial charge in [0.2, 0.25) is 0 Å². The lowest BCUT2D eigenvalue weighted by molar-refractivity contribution is -0.118. The molecule has 0 aliphatic rings. The molecule has 1 aromatic carbocycles. The third-order valence-electron chi connectivity index (χ3n) is 1.67. The highest BCUT2D eigenvalue weighted by Crippen LogP contribution is 2.15. The van der Waals surface area contributed by atoms with E-state index in [-0.39, 0.29) is 12.2 Å². The molecule has 0 unspecified atom stereocenters. The van der Waals surface area contributed by atoms with Crippen LogP contribution >= 0.6 is 0 Å². The quantitative estimate of drug-likeness (QED) is 0.738. The van der Waals surface area contributed by atoms with Crippen LogP contribution < -0.4 is 0 Å². The molecule has 2 nitrogen and oxygen atoms in total. The number of hydrogen-bond acceptors (Lipinski definition) is 2. The lowest BCUT2D eigenvalue weighted by Gasteiger charge is -2.07. The molecule has 0 amide bonds. The van der Waals surface area contributed by atoms with Gasteiger partial charge in [0.15, 0.2) is 0 Å². The first-order valence-electron chi connectivity index (χ1n) is 3.92. The molecule has 0 bridgehead atoms. The van der Waals surface area contributed by atoms with E-state index in [1.807, 2.05) is 30.3 Å². The van der Waals surface area contributed by atoms with Gasteiger partial charge >= 0.3 is 0 Å². The molecule has 0 spiro atoms. The molecule has 64 valence electrons. The minimum atomic E-state index is -0.649. The number of benzene rings is 1. The van der Waals surface area contributed by atoms with Gasteiger partial charge in [-0.2, -0.15) is 0 Å². The largest absolute Gasteiger partial charge is 0.388 e. The van der Waals surface area contributed by atoms with Gasteiger partial charge in [0, 0.05) is 6.42 Å². The lowest BCUT2D eigenvalue weighted by Crippen LogP contribution is -2.02. The molecule has 1 rings (SSSR count). The second-order valence-electron chi connectivity index (χ2n) is 2.83. The van der Waals surface area contributed by atoms with E-state index in [0.717, 1.165) is 5.56 Å². The molecule has 1 aromatic rings. The molecule has 0 radical (unpaired) electrons. The normalized spacial score (nSPS) is 12.5. The summed E-state index contributed by atoms with van der Waals surface area (Å²) in [7, 11) is 0. The van der Waals surface area contributed by atoms with Crippen LogP contribution in [0.3, 0.4) is 0 Å². The number of aliphatic hydroxyl groups is 1. The number of Topliss-reactive ketones (excluding diaryl/α,β-unsaturated/α-hetero) is 1. The Kier molecular flexibility index (Phi) is 3.00. The molecule has 0 aromatic heterocycles. The Bertz CT molecular complexity index is 254. The molecule has 2 heteroatoms. The minimum Gasteiger partial charge on any atom is -0.388 e. The zero-order chi connectivity index (χ0) is 8.97. The summed E-state index contributed by atoms with van der Waals surface area (Å²) >= 11 is 0. The van der Waals surface area contributed by atoms with Crippen molar-refractivity contribution in [3.63, 3.8) is 0 Å². The van der Waals surface area contributed by atoms with Gasteiger partial charge in [0.05, 0.1) is 6.10 Å². The number of hydrogen-bond donors (Lipinski definition) is 1. The summed E-state index contributed by atoms with van der Waals surface area (Å²) < 4.78 is 0. The predicted octanol–water partition coefficient (Wildman–Crippen LogP) is 1.70. The van der Waals surface area contributed by atoms with Crippen molar-refractivity contribution in [1.82, 2.24) is 0 Å². The molecule has 0 aliphatic carbocycles. The molecule has 0 aliphatic heterocycles. The van der Waals surface area contributed by atoms with Gasteiger partial charge in [0.25, 0.3) is 0 Å². The number of ketones is 1.